The standard InChI is InChI=1S/C18H18ClF2N7O2/c1-2-11(15(29)28-6-5-17(8-28)7-18(17,20)21)22-16-26-25-14(30-16)9-3-4-10(19)13-12(9)23-27-24-13/h3-4,11H,2,5-8H2,1H3,(H,22,26)(H,23,24,27)/t11-,17+/m1/s1. The van der Waals surface area contributed by atoms with Gasteiger partial charge >= 0.3 is 6.01 Å². The minimum atomic E-state index is -2.66. The number of rotatable bonds is 5. The van der Waals surface area contributed by atoms with E-state index in [2.05, 4.69) is 30.9 Å². The van der Waals surface area contributed by atoms with Gasteiger partial charge in [-0.05, 0) is 25.0 Å². The highest BCUT2D eigenvalue weighted by molar-refractivity contribution is 6.35. The van der Waals surface area contributed by atoms with Gasteiger partial charge < -0.3 is 14.6 Å². The second-order valence-electron chi connectivity index (χ2n) is 7.82. The van der Waals surface area contributed by atoms with E-state index in [0.29, 0.717) is 41.0 Å². The van der Waals surface area contributed by atoms with Crippen LogP contribution in [0.25, 0.3) is 22.5 Å². The van der Waals surface area contributed by atoms with Crippen molar-refractivity contribution >= 4 is 34.6 Å². The van der Waals surface area contributed by atoms with Crippen molar-refractivity contribution in [2.24, 2.45) is 5.41 Å². The Morgan fingerprint density at radius 2 is 2.20 bits per heavy atom. The van der Waals surface area contributed by atoms with Crippen molar-refractivity contribution in [3.8, 4) is 11.5 Å². The molecule has 0 bridgehead atoms. The number of likely N-dealkylation sites (tertiary alicyclic amines) is 1. The fourth-order valence-corrected chi connectivity index (χ4v) is 4.26. The molecule has 2 atom stereocenters. The number of H-pyrrole nitrogens is 1. The number of fused-ring (bicyclic) bond motifs is 1. The zero-order valence-corrected chi connectivity index (χ0v) is 16.7. The van der Waals surface area contributed by atoms with Gasteiger partial charge in [-0.15, -0.1) is 10.2 Å². The number of nitrogens with zero attached hydrogens (tertiary/aromatic N) is 5. The van der Waals surface area contributed by atoms with Crippen LogP contribution < -0.4 is 5.32 Å². The number of anilines is 1. The number of aromatic amines is 1. The maximum Gasteiger partial charge on any atom is 0.316 e. The van der Waals surface area contributed by atoms with Crippen molar-refractivity contribution in [1.82, 2.24) is 30.5 Å². The highest BCUT2D eigenvalue weighted by Gasteiger charge is 2.73. The van der Waals surface area contributed by atoms with Gasteiger partial charge in [0.05, 0.1) is 21.5 Å². The third-order valence-corrected chi connectivity index (χ3v) is 6.28. The summed E-state index contributed by atoms with van der Waals surface area (Å²) in [5, 5.41) is 21.8. The number of benzene rings is 1. The summed E-state index contributed by atoms with van der Waals surface area (Å²) in [4.78, 5) is 14.4. The molecule has 3 aromatic rings. The van der Waals surface area contributed by atoms with Gasteiger partial charge in [-0.3, -0.25) is 9.89 Å². The van der Waals surface area contributed by atoms with Crippen LogP contribution in [0.15, 0.2) is 16.5 Å². The van der Waals surface area contributed by atoms with E-state index in [-0.39, 0.29) is 30.8 Å². The van der Waals surface area contributed by atoms with Crippen LogP contribution in [0.1, 0.15) is 26.2 Å². The van der Waals surface area contributed by atoms with Crippen LogP contribution in [0.2, 0.25) is 5.02 Å². The first-order valence-corrected chi connectivity index (χ1v) is 9.98. The van der Waals surface area contributed by atoms with E-state index in [1.165, 1.54) is 4.90 Å². The Kier molecular flexibility index (Phi) is 4.21. The van der Waals surface area contributed by atoms with Gasteiger partial charge in [-0.2, -0.15) is 0 Å². The average Bonchev–Trinajstić information content (AvgIpc) is 3.27. The molecule has 1 aromatic carbocycles. The van der Waals surface area contributed by atoms with Gasteiger partial charge in [0.1, 0.15) is 11.6 Å². The van der Waals surface area contributed by atoms with Crippen LogP contribution in [-0.4, -0.2) is 61.5 Å². The summed E-state index contributed by atoms with van der Waals surface area (Å²) in [6.07, 6.45) is 0.628. The number of aromatic nitrogens is 5. The molecule has 0 radical (unpaired) electrons. The second kappa shape index (κ2) is 6.59. The lowest BCUT2D eigenvalue weighted by Gasteiger charge is -2.22. The van der Waals surface area contributed by atoms with E-state index in [0.717, 1.165) is 0 Å². The van der Waals surface area contributed by atoms with E-state index in [9.17, 15) is 13.6 Å². The maximum absolute atomic E-state index is 13.6. The van der Waals surface area contributed by atoms with Gasteiger partial charge in [0, 0.05) is 19.5 Å². The highest BCUT2D eigenvalue weighted by atomic mass is 35.5. The Morgan fingerprint density at radius 1 is 1.40 bits per heavy atom. The Bertz CT molecular complexity index is 1130. The lowest BCUT2D eigenvalue weighted by molar-refractivity contribution is -0.131. The average molecular weight is 438 g/mol. The first kappa shape index (κ1) is 19.2. The maximum atomic E-state index is 13.6. The number of halogens is 3. The molecule has 2 aromatic heterocycles. The molecule has 1 aliphatic heterocycles. The van der Waals surface area contributed by atoms with Crippen molar-refractivity contribution in [3.63, 3.8) is 0 Å². The lowest BCUT2D eigenvalue weighted by Crippen LogP contribution is -2.42. The number of hydrogen-bond donors (Lipinski definition) is 2. The van der Waals surface area contributed by atoms with Crippen LogP contribution in [0.4, 0.5) is 14.8 Å². The van der Waals surface area contributed by atoms with Crippen molar-refractivity contribution in [3.05, 3.63) is 17.2 Å². The topological polar surface area (TPSA) is 113 Å². The number of nitrogens with one attached hydrogen (secondary N) is 2. The molecule has 1 spiro atoms. The zero-order valence-electron chi connectivity index (χ0n) is 16.0. The van der Waals surface area contributed by atoms with Crippen molar-refractivity contribution in [2.75, 3.05) is 18.4 Å². The molecule has 12 heteroatoms. The number of hydrogen-bond acceptors (Lipinski definition) is 7. The molecular formula is C18H18ClF2N7O2. The summed E-state index contributed by atoms with van der Waals surface area (Å²) in [7, 11) is 0. The molecule has 5 rings (SSSR count). The Labute approximate surface area is 174 Å². The predicted octanol–water partition coefficient (Wildman–Crippen LogP) is 3.11. The molecule has 3 heterocycles. The third kappa shape index (κ3) is 2.91. The molecule has 0 unspecified atom stereocenters. The molecule has 1 amide bonds. The van der Waals surface area contributed by atoms with E-state index in [4.69, 9.17) is 16.0 Å². The third-order valence-electron chi connectivity index (χ3n) is 5.98. The molecule has 9 nitrogen and oxygen atoms in total. The van der Waals surface area contributed by atoms with E-state index in [1.807, 2.05) is 6.92 Å². The molecule has 2 N–H and O–H groups in total. The van der Waals surface area contributed by atoms with Crippen LogP contribution >= 0.6 is 11.6 Å². The number of carbonyl (C=O) groups excluding carboxylic acids is 1. The fraction of sp³-hybridized carbons (Fsp3) is 0.500. The monoisotopic (exact) mass is 437 g/mol. The minimum Gasteiger partial charge on any atom is -0.403 e. The Hall–Kier alpha value is -2.82. The number of amides is 1. The van der Waals surface area contributed by atoms with Crippen LogP contribution in [0.3, 0.4) is 0 Å². The van der Waals surface area contributed by atoms with Gasteiger partial charge in [0.25, 0.3) is 11.8 Å². The largest absolute Gasteiger partial charge is 0.403 e. The summed E-state index contributed by atoms with van der Waals surface area (Å²) in [5.41, 5.74) is 0.560. The summed E-state index contributed by atoms with van der Waals surface area (Å²) >= 11 is 6.10. The molecule has 30 heavy (non-hydrogen) atoms. The van der Waals surface area contributed by atoms with Gasteiger partial charge in [0.2, 0.25) is 5.91 Å². The summed E-state index contributed by atoms with van der Waals surface area (Å²) in [6, 6.07) is 2.75. The molecule has 158 valence electrons. The van der Waals surface area contributed by atoms with Crippen molar-refractivity contribution in [1.29, 1.82) is 0 Å². The van der Waals surface area contributed by atoms with Gasteiger partial charge in [-0.1, -0.05) is 28.8 Å². The molecule has 1 saturated carbocycles. The minimum absolute atomic E-state index is 0.0615. The van der Waals surface area contributed by atoms with Crippen LogP contribution in [-0.2, 0) is 4.79 Å². The first-order chi connectivity index (χ1) is 14.3. The molecule has 1 aliphatic carbocycles. The smallest absolute Gasteiger partial charge is 0.316 e. The van der Waals surface area contributed by atoms with E-state index < -0.39 is 17.4 Å². The number of carbonyl (C=O) groups is 1. The van der Waals surface area contributed by atoms with E-state index >= 15 is 0 Å². The van der Waals surface area contributed by atoms with Gasteiger partial charge in [-0.25, -0.2) is 8.78 Å². The zero-order chi connectivity index (χ0) is 21.1. The number of alkyl halides is 2. The van der Waals surface area contributed by atoms with Crippen LogP contribution in [0, 0.1) is 5.41 Å². The van der Waals surface area contributed by atoms with Crippen LogP contribution in [0.5, 0.6) is 0 Å². The first-order valence-electron chi connectivity index (χ1n) is 9.60. The lowest BCUT2D eigenvalue weighted by atomic mass is 10.1. The van der Waals surface area contributed by atoms with E-state index in [1.54, 1.807) is 12.1 Å². The van der Waals surface area contributed by atoms with Crippen molar-refractivity contribution in [2.45, 2.75) is 38.2 Å². The summed E-state index contributed by atoms with van der Waals surface area (Å²) < 4.78 is 32.9. The summed E-state index contributed by atoms with van der Waals surface area (Å²) in [6.45, 7) is 2.24. The SMILES string of the molecule is CC[C@@H](Nc1nnc(-c2ccc(Cl)c3nn[nH]c23)o1)C(=O)N1CC[C@@]2(C1)CC2(F)F. The van der Waals surface area contributed by atoms with Gasteiger partial charge in [0.15, 0.2) is 0 Å². The molecular weight excluding hydrogens is 420 g/mol. The second-order valence-corrected chi connectivity index (χ2v) is 8.23. The van der Waals surface area contributed by atoms with Crippen molar-refractivity contribution < 1.29 is 18.0 Å². The Balaban J connectivity index is 1.32. The normalized spacial score (nSPS) is 23.3. The molecule has 2 fully saturated rings. The quantitative estimate of drug-likeness (QED) is 0.630. The highest BCUT2D eigenvalue weighted by Crippen LogP contribution is 2.65. The molecule has 2 aliphatic rings. The predicted molar refractivity (Wildman–Crippen MR) is 103 cm³/mol. The summed E-state index contributed by atoms with van der Waals surface area (Å²) in [5.74, 6) is -2.71. The fourth-order valence-electron chi connectivity index (χ4n) is 4.06. The molecule has 1 saturated heterocycles. The Morgan fingerprint density at radius 3 is 2.90 bits per heavy atom.